The summed E-state index contributed by atoms with van der Waals surface area (Å²) in [5, 5.41) is 7.67. The minimum Gasteiger partial charge on any atom is -0.449 e. The standard InChI is InChI=1S/C19H21ClN4O3/c1-13(2)12-27-18(25)23-19(26-3,14-6-4-7-15(20)10-14)16-11-21-17-8-5-9-22-24(16)17/h4-11,13H,12H2,1-3H3,(H,23,25). The molecule has 0 spiro atoms. The molecule has 3 rings (SSSR count). The molecule has 0 aliphatic rings. The van der Waals surface area contributed by atoms with Crippen LogP contribution in [0.5, 0.6) is 0 Å². The summed E-state index contributed by atoms with van der Waals surface area (Å²) in [5.41, 5.74) is 0.372. The number of hydrogen-bond donors (Lipinski definition) is 1. The molecule has 7 nitrogen and oxygen atoms in total. The number of alkyl carbamates (subject to hydrolysis) is 1. The minimum absolute atomic E-state index is 0.205. The van der Waals surface area contributed by atoms with E-state index >= 15 is 0 Å². The molecule has 0 saturated carbocycles. The van der Waals surface area contributed by atoms with Gasteiger partial charge in [0.05, 0.1) is 12.8 Å². The number of benzene rings is 1. The Morgan fingerprint density at radius 2 is 2.15 bits per heavy atom. The number of hydrogen-bond acceptors (Lipinski definition) is 5. The summed E-state index contributed by atoms with van der Waals surface area (Å²) in [7, 11) is 1.49. The molecule has 2 heterocycles. The Kier molecular flexibility index (Phi) is 5.62. The highest BCUT2D eigenvalue weighted by atomic mass is 35.5. The van der Waals surface area contributed by atoms with Gasteiger partial charge in [0, 0.05) is 23.9 Å². The number of rotatable bonds is 6. The van der Waals surface area contributed by atoms with Gasteiger partial charge >= 0.3 is 6.09 Å². The molecule has 2 aromatic heterocycles. The maximum atomic E-state index is 12.5. The molecule has 0 aliphatic carbocycles. The molecule has 1 atom stereocenters. The van der Waals surface area contributed by atoms with E-state index in [0.717, 1.165) is 0 Å². The van der Waals surface area contributed by atoms with Crippen molar-refractivity contribution in [3.05, 3.63) is 65.1 Å². The Balaban J connectivity index is 2.11. The van der Waals surface area contributed by atoms with Crippen LogP contribution in [0.15, 0.2) is 48.8 Å². The second kappa shape index (κ2) is 7.94. The normalized spacial score (nSPS) is 13.5. The topological polar surface area (TPSA) is 77.8 Å². The Morgan fingerprint density at radius 3 is 2.85 bits per heavy atom. The highest BCUT2D eigenvalue weighted by molar-refractivity contribution is 6.30. The van der Waals surface area contributed by atoms with Crippen molar-refractivity contribution in [2.45, 2.75) is 19.6 Å². The summed E-state index contributed by atoms with van der Waals surface area (Å²) in [5.74, 6) is 0.205. The molecule has 0 radical (unpaired) electrons. The molecular weight excluding hydrogens is 368 g/mol. The van der Waals surface area contributed by atoms with E-state index in [-0.39, 0.29) is 12.5 Å². The molecule has 1 unspecified atom stereocenters. The number of fused-ring (bicyclic) bond motifs is 1. The average molecular weight is 389 g/mol. The van der Waals surface area contributed by atoms with E-state index in [4.69, 9.17) is 21.1 Å². The molecule has 0 saturated heterocycles. The number of methoxy groups -OCH3 is 1. The minimum atomic E-state index is -1.38. The van der Waals surface area contributed by atoms with Crippen LogP contribution in [-0.4, -0.2) is 34.4 Å². The summed E-state index contributed by atoms with van der Waals surface area (Å²) >= 11 is 6.19. The van der Waals surface area contributed by atoms with Crippen molar-refractivity contribution < 1.29 is 14.3 Å². The van der Waals surface area contributed by atoms with Crippen LogP contribution >= 0.6 is 11.6 Å². The van der Waals surface area contributed by atoms with Crippen LogP contribution in [-0.2, 0) is 15.2 Å². The first kappa shape index (κ1) is 19.1. The van der Waals surface area contributed by atoms with Gasteiger partial charge in [0.2, 0.25) is 5.72 Å². The maximum absolute atomic E-state index is 12.5. The van der Waals surface area contributed by atoms with Crippen molar-refractivity contribution in [1.29, 1.82) is 0 Å². The van der Waals surface area contributed by atoms with Crippen molar-refractivity contribution >= 4 is 23.3 Å². The molecule has 1 N–H and O–H groups in total. The number of carbonyl (C=O) groups excluding carboxylic acids is 1. The summed E-state index contributed by atoms with van der Waals surface area (Å²) in [6.45, 7) is 4.21. The lowest BCUT2D eigenvalue weighted by molar-refractivity contribution is -0.0143. The van der Waals surface area contributed by atoms with Crippen molar-refractivity contribution in [2.24, 2.45) is 5.92 Å². The lowest BCUT2D eigenvalue weighted by Gasteiger charge is -2.32. The largest absolute Gasteiger partial charge is 0.449 e. The fraction of sp³-hybridized carbons (Fsp3) is 0.316. The smallest absolute Gasteiger partial charge is 0.409 e. The van der Waals surface area contributed by atoms with Gasteiger partial charge in [-0.15, -0.1) is 0 Å². The third-order valence-electron chi connectivity index (χ3n) is 4.00. The summed E-state index contributed by atoms with van der Waals surface area (Å²) in [6.07, 6.45) is 2.62. The van der Waals surface area contributed by atoms with Crippen LogP contribution in [0.2, 0.25) is 5.02 Å². The second-order valence-corrected chi connectivity index (χ2v) is 6.89. The van der Waals surface area contributed by atoms with E-state index in [1.807, 2.05) is 19.9 Å². The number of halogens is 1. The molecule has 3 aromatic rings. The number of nitrogens with zero attached hydrogens (tertiary/aromatic N) is 3. The average Bonchev–Trinajstić information content (AvgIpc) is 3.09. The third kappa shape index (κ3) is 3.89. The van der Waals surface area contributed by atoms with Gasteiger partial charge in [0.15, 0.2) is 5.65 Å². The predicted octanol–water partition coefficient (Wildman–Crippen LogP) is 3.61. The van der Waals surface area contributed by atoms with Crippen molar-refractivity contribution in [3.63, 3.8) is 0 Å². The molecule has 0 aliphatic heterocycles. The fourth-order valence-corrected chi connectivity index (χ4v) is 2.95. The van der Waals surface area contributed by atoms with Gasteiger partial charge < -0.3 is 9.47 Å². The fourth-order valence-electron chi connectivity index (χ4n) is 2.76. The van der Waals surface area contributed by atoms with Gasteiger partial charge in [-0.1, -0.05) is 37.6 Å². The number of nitrogens with one attached hydrogen (secondary N) is 1. The molecule has 8 heteroatoms. The second-order valence-electron chi connectivity index (χ2n) is 6.45. The van der Waals surface area contributed by atoms with Crippen LogP contribution < -0.4 is 5.32 Å². The van der Waals surface area contributed by atoms with Crippen molar-refractivity contribution in [1.82, 2.24) is 19.9 Å². The number of imidazole rings is 1. The van der Waals surface area contributed by atoms with Gasteiger partial charge in [-0.05, 0) is 30.2 Å². The molecule has 1 aromatic carbocycles. The third-order valence-corrected chi connectivity index (χ3v) is 4.24. The molecule has 1 amide bonds. The van der Waals surface area contributed by atoms with Gasteiger partial charge in [-0.2, -0.15) is 5.10 Å². The first-order valence-corrected chi connectivity index (χ1v) is 8.89. The lowest BCUT2D eigenvalue weighted by Crippen LogP contribution is -2.49. The number of carbonyl (C=O) groups is 1. The lowest BCUT2D eigenvalue weighted by atomic mass is 9.99. The Morgan fingerprint density at radius 1 is 1.33 bits per heavy atom. The summed E-state index contributed by atoms with van der Waals surface area (Å²) in [6, 6.07) is 10.6. The van der Waals surface area contributed by atoms with E-state index in [0.29, 0.717) is 21.9 Å². The Labute approximate surface area is 162 Å². The van der Waals surface area contributed by atoms with E-state index in [1.54, 1.807) is 47.2 Å². The zero-order valence-corrected chi connectivity index (χ0v) is 16.1. The zero-order chi connectivity index (χ0) is 19.4. The number of amides is 1. The first-order valence-electron chi connectivity index (χ1n) is 8.51. The molecule has 0 bridgehead atoms. The van der Waals surface area contributed by atoms with Crippen LogP contribution in [0.4, 0.5) is 4.79 Å². The SMILES string of the molecule is COC(NC(=O)OCC(C)C)(c1cccc(Cl)c1)c1cnc2cccnn12. The monoisotopic (exact) mass is 388 g/mol. The van der Waals surface area contributed by atoms with Gasteiger partial charge in [-0.3, -0.25) is 5.32 Å². The molecular formula is C19H21ClN4O3. The van der Waals surface area contributed by atoms with E-state index in [9.17, 15) is 4.79 Å². The van der Waals surface area contributed by atoms with E-state index in [2.05, 4.69) is 15.4 Å². The predicted molar refractivity (Wildman–Crippen MR) is 102 cm³/mol. The first-order chi connectivity index (χ1) is 13.0. The quantitative estimate of drug-likeness (QED) is 0.652. The molecule has 27 heavy (non-hydrogen) atoms. The highest BCUT2D eigenvalue weighted by Crippen LogP contribution is 2.32. The molecule has 0 fully saturated rings. The Bertz CT molecular complexity index is 943. The van der Waals surface area contributed by atoms with Crippen LogP contribution in [0.25, 0.3) is 5.65 Å². The van der Waals surface area contributed by atoms with E-state index < -0.39 is 11.8 Å². The number of aromatic nitrogens is 3. The Hall–Kier alpha value is -2.64. The van der Waals surface area contributed by atoms with Gasteiger partial charge in [0.1, 0.15) is 5.69 Å². The van der Waals surface area contributed by atoms with Crippen LogP contribution in [0.1, 0.15) is 25.1 Å². The number of ether oxygens (including phenoxy) is 2. The van der Waals surface area contributed by atoms with Crippen molar-refractivity contribution in [2.75, 3.05) is 13.7 Å². The summed E-state index contributed by atoms with van der Waals surface area (Å²) in [4.78, 5) is 16.9. The van der Waals surface area contributed by atoms with Crippen LogP contribution in [0.3, 0.4) is 0 Å². The van der Waals surface area contributed by atoms with E-state index in [1.165, 1.54) is 7.11 Å². The highest BCUT2D eigenvalue weighted by Gasteiger charge is 2.40. The zero-order valence-electron chi connectivity index (χ0n) is 15.3. The van der Waals surface area contributed by atoms with Crippen LogP contribution in [0, 0.1) is 5.92 Å². The maximum Gasteiger partial charge on any atom is 0.409 e. The molecule has 142 valence electrons. The van der Waals surface area contributed by atoms with Gasteiger partial charge in [0.25, 0.3) is 0 Å². The summed E-state index contributed by atoms with van der Waals surface area (Å²) < 4.78 is 12.8. The van der Waals surface area contributed by atoms with Gasteiger partial charge in [-0.25, -0.2) is 14.3 Å². The van der Waals surface area contributed by atoms with Crippen molar-refractivity contribution in [3.8, 4) is 0 Å².